The predicted molar refractivity (Wildman–Crippen MR) is 81.9 cm³/mol. The molecule has 0 aliphatic carbocycles. The minimum atomic E-state index is 0.0673. The SMILES string of the molecule is CCCOc1c(OC)cc(CNC(C)(C)C)cc1OC. The Kier molecular flexibility index (Phi) is 6.14. The van der Waals surface area contributed by atoms with Crippen LogP contribution in [-0.4, -0.2) is 26.4 Å². The first-order valence-electron chi connectivity index (χ1n) is 7.04. The van der Waals surface area contributed by atoms with Gasteiger partial charge in [0.2, 0.25) is 5.75 Å². The molecule has 0 aromatic heterocycles. The Balaban J connectivity index is 2.99. The molecule has 1 aromatic carbocycles. The van der Waals surface area contributed by atoms with Gasteiger partial charge in [0.15, 0.2) is 11.5 Å². The summed E-state index contributed by atoms with van der Waals surface area (Å²) in [6.45, 7) is 9.89. The molecule has 0 saturated carbocycles. The minimum absolute atomic E-state index is 0.0673. The summed E-state index contributed by atoms with van der Waals surface area (Å²) in [5.41, 5.74) is 1.18. The van der Waals surface area contributed by atoms with Crippen LogP contribution in [0.1, 0.15) is 39.7 Å². The summed E-state index contributed by atoms with van der Waals surface area (Å²) in [7, 11) is 3.29. The molecule has 0 radical (unpaired) electrons. The molecule has 114 valence electrons. The standard InChI is InChI=1S/C16H27NO3/c1-7-8-20-15-13(18-5)9-12(10-14(15)19-6)11-17-16(2,3)4/h9-10,17H,7-8,11H2,1-6H3. The van der Waals surface area contributed by atoms with E-state index in [1.807, 2.05) is 12.1 Å². The molecule has 1 aromatic rings. The molecule has 4 heteroatoms. The smallest absolute Gasteiger partial charge is 0.203 e. The molecule has 20 heavy (non-hydrogen) atoms. The molecule has 1 rings (SSSR count). The summed E-state index contributed by atoms with van der Waals surface area (Å²) in [4.78, 5) is 0. The molecule has 0 bridgehead atoms. The van der Waals surface area contributed by atoms with Crippen LogP contribution >= 0.6 is 0 Å². The van der Waals surface area contributed by atoms with Crippen molar-refractivity contribution in [2.75, 3.05) is 20.8 Å². The molecular weight excluding hydrogens is 254 g/mol. The summed E-state index contributed by atoms with van der Waals surface area (Å²) < 4.78 is 16.6. The van der Waals surface area contributed by atoms with Crippen molar-refractivity contribution >= 4 is 0 Å². The zero-order chi connectivity index (χ0) is 15.2. The fraction of sp³-hybridized carbons (Fsp3) is 0.625. The summed E-state index contributed by atoms with van der Waals surface area (Å²) in [5, 5.41) is 3.45. The van der Waals surface area contributed by atoms with Gasteiger partial charge in [-0.2, -0.15) is 0 Å². The van der Waals surface area contributed by atoms with Crippen molar-refractivity contribution in [1.82, 2.24) is 5.32 Å². The van der Waals surface area contributed by atoms with E-state index in [2.05, 4.69) is 33.0 Å². The molecule has 0 aliphatic rings. The van der Waals surface area contributed by atoms with Gasteiger partial charge in [-0.05, 0) is 44.9 Å². The van der Waals surface area contributed by atoms with Gasteiger partial charge >= 0.3 is 0 Å². The Bertz CT molecular complexity index is 399. The maximum absolute atomic E-state index is 5.73. The van der Waals surface area contributed by atoms with Crippen LogP contribution in [0.15, 0.2) is 12.1 Å². The van der Waals surface area contributed by atoms with E-state index >= 15 is 0 Å². The predicted octanol–water partition coefficient (Wildman–Crippen LogP) is 3.38. The monoisotopic (exact) mass is 281 g/mol. The van der Waals surface area contributed by atoms with E-state index in [-0.39, 0.29) is 5.54 Å². The van der Waals surface area contributed by atoms with E-state index in [1.54, 1.807) is 14.2 Å². The topological polar surface area (TPSA) is 39.7 Å². The Morgan fingerprint density at radius 1 is 1.05 bits per heavy atom. The second kappa shape index (κ2) is 7.39. The largest absolute Gasteiger partial charge is 0.493 e. The summed E-state index contributed by atoms with van der Waals surface area (Å²) in [5.74, 6) is 2.10. The number of nitrogens with one attached hydrogen (secondary N) is 1. The minimum Gasteiger partial charge on any atom is -0.493 e. The average Bonchev–Trinajstić information content (AvgIpc) is 2.41. The van der Waals surface area contributed by atoms with Crippen LogP contribution < -0.4 is 19.5 Å². The van der Waals surface area contributed by atoms with Crippen molar-refractivity contribution in [1.29, 1.82) is 0 Å². The van der Waals surface area contributed by atoms with Gasteiger partial charge in [-0.3, -0.25) is 0 Å². The third-order valence-electron chi connectivity index (χ3n) is 2.79. The lowest BCUT2D eigenvalue weighted by Crippen LogP contribution is -2.35. The van der Waals surface area contributed by atoms with Crippen LogP contribution in [-0.2, 0) is 6.54 Å². The first-order valence-corrected chi connectivity index (χ1v) is 7.04. The molecule has 0 spiro atoms. The molecule has 0 unspecified atom stereocenters. The molecule has 0 saturated heterocycles. The van der Waals surface area contributed by atoms with Gasteiger partial charge in [0.05, 0.1) is 20.8 Å². The van der Waals surface area contributed by atoms with Crippen LogP contribution in [0.2, 0.25) is 0 Å². The number of benzene rings is 1. The molecule has 0 heterocycles. The number of ether oxygens (including phenoxy) is 3. The molecule has 4 nitrogen and oxygen atoms in total. The lowest BCUT2D eigenvalue weighted by Gasteiger charge is -2.22. The Morgan fingerprint density at radius 3 is 2.00 bits per heavy atom. The Labute approximate surface area is 122 Å². The number of methoxy groups -OCH3 is 2. The van der Waals surface area contributed by atoms with Gasteiger partial charge in [0.25, 0.3) is 0 Å². The Morgan fingerprint density at radius 2 is 1.60 bits per heavy atom. The summed E-state index contributed by atoms with van der Waals surface area (Å²) in [6.07, 6.45) is 0.944. The van der Waals surface area contributed by atoms with Crippen LogP contribution in [0, 0.1) is 0 Å². The third-order valence-corrected chi connectivity index (χ3v) is 2.79. The third kappa shape index (κ3) is 4.93. The van der Waals surface area contributed by atoms with Crippen LogP contribution in [0.5, 0.6) is 17.2 Å². The van der Waals surface area contributed by atoms with Gasteiger partial charge in [-0.1, -0.05) is 6.92 Å². The second-order valence-electron chi connectivity index (χ2n) is 5.78. The molecule has 0 aliphatic heterocycles. The van der Waals surface area contributed by atoms with Crippen molar-refractivity contribution in [3.05, 3.63) is 17.7 Å². The molecule has 0 atom stereocenters. The highest BCUT2D eigenvalue weighted by Gasteiger charge is 2.15. The zero-order valence-electron chi connectivity index (χ0n) is 13.5. The molecule has 0 fully saturated rings. The Hall–Kier alpha value is -1.42. The zero-order valence-corrected chi connectivity index (χ0v) is 13.5. The van der Waals surface area contributed by atoms with Crippen molar-refractivity contribution in [3.63, 3.8) is 0 Å². The van der Waals surface area contributed by atoms with Crippen LogP contribution in [0.4, 0.5) is 0 Å². The summed E-state index contributed by atoms with van der Waals surface area (Å²) in [6, 6.07) is 3.98. The van der Waals surface area contributed by atoms with E-state index in [4.69, 9.17) is 14.2 Å². The van der Waals surface area contributed by atoms with Crippen molar-refractivity contribution in [2.24, 2.45) is 0 Å². The fourth-order valence-corrected chi connectivity index (χ4v) is 1.75. The van der Waals surface area contributed by atoms with E-state index in [1.165, 1.54) is 0 Å². The normalized spacial score (nSPS) is 11.3. The lowest BCUT2D eigenvalue weighted by atomic mass is 10.1. The summed E-state index contributed by atoms with van der Waals surface area (Å²) >= 11 is 0. The number of hydrogen-bond donors (Lipinski definition) is 1. The van der Waals surface area contributed by atoms with Crippen molar-refractivity contribution in [3.8, 4) is 17.2 Å². The molecular formula is C16H27NO3. The van der Waals surface area contributed by atoms with Gasteiger partial charge in [0, 0.05) is 12.1 Å². The highest BCUT2D eigenvalue weighted by Crippen LogP contribution is 2.38. The van der Waals surface area contributed by atoms with Crippen LogP contribution in [0.3, 0.4) is 0 Å². The fourth-order valence-electron chi connectivity index (χ4n) is 1.75. The first kappa shape index (κ1) is 16.6. The van der Waals surface area contributed by atoms with Crippen LogP contribution in [0.25, 0.3) is 0 Å². The van der Waals surface area contributed by atoms with E-state index < -0.39 is 0 Å². The van der Waals surface area contributed by atoms with E-state index in [0.29, 0.717) is 23.9 Å². The lowest BCUT2D eigenvalue weighted by molar-refractivity contribution is 0.274. The van der Waals surface area contributed by atoms with E-state index in [0.717, 1.165) is 18.5 Å². The van der Waals surface area contributed by atoms with Gasteiger partial charge in [0.1, 0.15) is 0 Å². The number of hydrogen-bond acceptors (Lipinski definition) is 4. The maximum Gasteiger partial charge on any atom is 0.203 e. The van der Waals surface area contributed by atoms with Gasteiger partial charge < -0.3 is 19.5 Å². The second-order valence-corrected chi connectivity index (χ2v) is 5.78. The quantitative estimate of drug-likeness (QED) is 0.831. The highest BCUT2D eigenvalue weighted by atomic mass is 16.5. The first-order chi connectivity index (χ1) is 9.41. The van der Waals surface area contributed by atoms with Crippen molar-refractivity contribution < 1.29 is 14.2 Å². The van der Waals surface area contributed by atoms with Crippen molar-refractivity contribution in [2.45, 2.75) is 46.2 Å². The maximum atomic E-state index is 5.73. The molecule has 0 amide bonds. The number of rotatable bonds is 7. The van der Waals surface area contributed by atoms with Gasteiger partial charge in [-0.15, -0.1) is 0 Å². The van der Waals surface area contributed by atoms with Gasteiger partial charge in [-0.25, -0.2) is 0 Å². The van der Waals surface area contributed by atoms with E-state index in [9.17, 15) is 0 Å². The average molecular weight is 281 g/mol. The highest BCUT2D eigenvalue weighted by molar-refractivity contribution is 5.53. The molecule has 1 N–H and O–H groups in total.